The van der Waals surface area contributed by atoms with Crippen LogP contribution in [0.2, 0.25) is 0 Å². The molecule has 0 bridgehead atoms. The molecule has 8 heteroatoms. The smallest absolute Gasteiger partial charge is 0.321 e. The number of carbonyl (C=O) groups is 2. The van der Waals surface area contributed by atoms with E-state index >= 15 is 0 Å². The van der Waals surface area contributed by atoms with E-state index in [1.807, 2.05) is 34.9 Å². The summed E-state index contributed by atoms with van der Waals surface area (Å²) in [6.45, 7) is 6.58. The molecule has 1 amide bonds. The third-order valence-corrected chi connectivity index (χ3v) is 6.17. The quantitative estimate of drug-likeness (QED) is 0.366. The SMILES string of the molecule is CCOC(=O)[C@H]1C(=O)N(CCC(C)C)c2nc3ccccc3n2[C@@H]1c1ccc(OC)cc1OC. The molecule has 4 rings (SSSR count). The number of nitrogens with zero attached hydrogens (tertiary/aromatic N) is 3. The Morgan fingerprint density at radius 2 is 1.88 bits per heavy atom. The molecule has 3 aromatic rings. The van der Waals surface area contributed by atoms with E-state index in [-0.39, 0.29) is 12.5 Å². The number of benzene rings is 2. The van der Waals surface area contributed by atoms with Gasteiger partial charge in [0.05, 0.1) is 37.9 Å². The number of esters is 1. The van der Waals surface area contributed by atoms with Crippen LogP contribution in [0.5, 0.6) is 11.5 Å². The van der Waals surface area contributed by atoms with E-state index in [0.717, 1.165) is 17.5 Å². The van der Waals surface area contributed by atoms with Crippen molar-refractivity contribution < 1.29 is 23.8 Å². The Morgan fingerprint density at radius 1 is 1.12 bits per heavy atom. The molecule has 0 saturated heterocycles. The van der Waals surface area contributed by atoms with Gasteiger partial charge >= 0.3 is 5.97 Å². The number of amides is 1. The van der Waals surface area contributed by atoms with Crippen LogP contribution in [0.1, 0.15) is 38.8 Å². The van der Waals surface area contributed by atoms with Crippen molar-refractivity contribution in [3.8, 4) is 11.5 Å². The Bertz CT molecular complexity index is 1200. The second-order valence-corrected chi connectivity index (χ2v) is 8.73. The van der Waals surface area contributed by atoms with E-state index in [9.17, 15) is 9.59 Å². The van der Waals surface area contributed by atoms with Gasteiger partial charge in [0.15, 0.2) is 5.92 Å². The summed E-state index contributed by atoms with van der Waals surface area (Å²) < 4.78 is 18.4. The molecule has 0 spiro atoms. The Hall–Kier alpha value is -3.55. The first kappa shape index (κ1) is 23.6. The first-order chi connectivity index (χ1) is 16.4. The summed E-state index contributed by atoms with van der Waals surface area (Å²) in [6, 6.07) is 12.4. The number of ether oxygens (including phenoxy) is 3. The first-order valence-electron chi connectivity index (χ1n) is 11.6. The van der Waals surface area contributed by atoms with Crippen LogP contribution in [0.25, 0.3) is 11.0 Å². The molecule has 0 N–H and O–H groups in total. The zero-order chi connectivity index (χ0) is 24.4. The van der Waals surface area contributed by atoms with E-state index in [2.05, 4.69) is 13.8 Å². The van der Waals surface area contributed by atoms with Crippen LogP contribution in [-0.4, -0.2) is 48.8 Å². The van der Waals surface area contributed by atoms with Gasteiger partial charge in [0.25, 0.3) is 0 Å². The fraction of sp³-hybridized carbons (Fsp3) is 0.423. The van der Waals surface area contributed by atoms with Crippen LogP contribution in [0.15, 0.2) is 42.5 Å². The molecule has 0 unspecified atom stereocenters. The zero-order valence-corrected chi connectivity index (χ0v) is 20.3. The van der Waals surface area contributed by atoms with Gasteiger partial charge < -0.3 is 18.8 Å². The van der Waals surface area contributed by atoms with Crippen LogP contribution in [0, 0.1) is 11.8 Å². The van der Waals surface area contributed by atoms with Gasteiger partial charge in [0.2, 0.25) is 11.9 Å². The summed E-state index contributed by atoms with van der Waals surface area (Å²) in [4.78, 5) is 33.7. The van der Waals surface area contributed by atoms with Crippen LogP contribution in [0.3, 0.4) is 0 Å². The second-order valence-electron chi connectivity index (χ2n) is 8.73. The van der Waals surface area contributed by atoms with E-state index in [0.29, 0.717) is 35.5 Å². The number of imidazole rings is 1. The minimum absolute atomic E-state index is 0.179. The summed E-state index contributed by atoms with van der Waals surface area (Å²) >= 11 is 0. The van der Waals surface area contributed by atoms with Crippen molar-refractivity contribution in [2.75, 3.05) is 32.3 Å². The lowest BCUT2D eigenvalue weighted by atomic mass is 9.88. The van der Waals surface area contributed by atoms with Gasteiger partial charge in [-0.2, -0.15) is 0 Å². The van der Waals surface area contributed by atoms with Crippen LogP contribution in [0.4, 0.5) is 5.95 Å². The molecule has 34 heavy (non-hydrogen) atoms. The van der Waals surface area contributed by atoms with Gasteiger partial charge in [-0.1, -0.05) is 26.0 Å². The molecule has 2 aromatic carbocycles. The van der Waals surface area contributed by atoms with Crippen molar-refractivity contribution in [2.24, 2.45) is 11.8 Å². The molecule has 1 aliphatic rings. The number of anilines is 1. The Labute approximate surface area is 199 Å². The molecule has 180 valence electrons. The maximum Gasteiger partial charge on any atom is 0.321 e. The number of fused-ring (bicyclic) bond motifs is 3. The molecule has 2 heterocycles. The van der Waals surface area contributed by atoms with Crippen LogP contribution < -0.4 is 14.4 Å². The number of carbonyl (C=O) groups excluding carboxylic acids is 2. The van der Waals surface area contributed by atoms with Gasteiger partial charge in [-0.3, -0.25) is 14.5 Å². The van der Waals surface area contributed by atoms with E-state index in [1.165, 1.54) is 0 Å². The highest BCUT2D eigenvalue weighted by atomic mass is 16.5. The molecule has 0 saturated carbocycles. The lowest BCUT2D eigenvalue weighted by Crippen LogP contribution is -2.50. The van der Waals surface area contributed by atoms with Crippen molar-refractivity contribution in [1.29, 1.82) is 0 Å². The monoisotopic (exact) mass is 465 g/mol. The average molecular weight is 466 g/mol. The molecular formula is C26H31N3O5. The highest BCUT2D eigenvalue weighted by Crippen LogP contribution is 2.44. The molecule has 0 aliphatic carbocycles. The maximum absolute atomic E-state index is 13.9. The topological polar surface area (TPSA) is 82.9 Å². The molecular weight excluding hydrogens is 434 g/mol. The zero-order valence-electron chi connectivity index (χ0n) is 20.3. The number of rotatable bonds is 8. The van der Waals surface area contributed by atoms with E-state index < -0.39 is 17.9 Å². The second kappa shape index (κ2) is 9.75. The predicted molar refractivity (Wildman–Crippen MR) is 129 cm³/mol. The fourth-order valence-corrected chi connectivity index (χ4v) is 4.49. The van der Waals surface area contributed by atoms with Crippen molar-refractivity contribution in [3.63, 3.8) is 0 Å². The average Bonchev–Trinajstić information content (AvgIpc) is 3.21. The van der Waals surface area contributed by atoms with Crippen molar-refractivity contribution in [2.45, 2.75) is 33.2 Å². The number of methoxy groups -OCH3 is 2. The fourth-order valence-electron chi connectivity index (χ4n) is 4.49. The van der Waals surface area contributed by atoms with Gasteiger partial charge in [0, 0.05) is 18.2 Å². The third-order valence-electron chi connectivity index (χ3n) is 6.17. The van der Waals surface area contributed by atoms with Crippen molar-refractivity contribution in [3.05, 3.63) is 48.0 Å². The van der Waals surface area contributed by atoms with Gasteiger partial charge in [0.1, 0.15) is 11.5 Å². The van der Waals surface area contributed by atoms with E-state index in [4.69, 9.17) is 19.2 Å². The minimum Gasteiger partial charge on any atom is -0.497 e. The molecule has 1 aliphatic heterocycles. The Morgan fingerprint density at radius 3 is 2.56 bits per heavy atom. The van der Waals surface area contributed by atoms with Crippen molar-refractivity contribution >= 4 is 28.9 Å². The Balaban J connectivity index is 2.00. The highest BCUT2D eigenvalue weighted by Gasteiger charge is 2.48. The molecule has 8 nitrogen and oxygen atoms in total. The lowest BCUT2D eigenvalue weighted by molar-refractivity contribution is -0.153. The molecule has 0 fully saturated rings. The minimum atomic E-state index is -1.08. The predicted octanol–water partition coefficient (Wildman–Crippen LogP) is 4.21. The number of para-hydroxylation sites is 2. The Kier molecular flexibility index (Phi) is 6.77. The van der Waals surface area contributed by atoms with Crippen LogP contribution >= 0.6 is 0 Å². The summed E-state index contributed by atoms with van der Waals surface area (Å²) in [5.74, 6) is 0.0782. The maximum atomic E-state index is 13.9. The first-order valence-corrected chi connectivity index (χ1v) is 11.6. The molecule has 2 atom stereocenters. The molecule has 0 radical (unpaired) electrons. The van der Waals surface area contributed by atoms with Crippen LogP contribution in [-0.2, 0) is 14.3 Å². The summed E-state index contributed by atoms with van der Waals surface area (Å²) in [7, 11) is 3.14. The summed E-state index contributed by atoms with van der Waals surface area (Å²) in [6.07, 6.45) is 0.779. The standard InChI is InChI=1S/C26H31N3O5/c1-6-34-25(31)22-23(18-12-11-17(32-4)15-21(18)33-5)29-20-10-8-7-9-19(20)27-26(29)28(24(22)30)14-13-16(2)3/h7-12,15-16,22-23H,6,13-14H2,1-5H3/t22-,23-/m1/s1. The normalized spacial score (nSPS) is 17.7. The van der Waals surface area contributed by atoms with Gasteiger partial charge in [-0.25, -0.2) is 4.98 Å². The van der Waals surface area contributed by atoms with E-state index in [1.54, 1.807) is 38.2 Å². The van der Waals surface area contributed by atoms with Gasteiger partial charge in [-0.15, -0.1) is 0 Å². The summed E-state index contributed by atoms with van der Waals surface area (Å²) in [5.41, 5.74) is 2.26. The largest absolute Gasteiger partial charge is 0.497 e. The lowest BCUT2D eigenvalue weighted by Gasteiger charge is -2.38. The highest BCUT2D eigenvalue weighted by molar-refractivity contribution is 6.08. The number of hydrogen-bond acceptors (Lipinski definition) is 6. The molecule has 1 aromatic heterocycles. The van der Waals surface area contributed by atoms with Crippen molar-refractivity contribution in [1.82, 2.24) is 9.55 Å². The number of hydrogen-bond donors (Lipinski definition) is 0. The summed E-state index contributed by atoms with van der Waals surface area (Å²) in [5, 5.41) is 0. The van der Waals surface area contributed by atoms with Gasteiger partial charge in [-0.05, 0) is 43.5 Å². The number of aromatic nitrogens is 2. The third kappa shape index (κ3) is 4.08.